The molecule has 0 spiro atoms. The molecule has 0 saturated carbocycles. The molecule has 0 aliphatic carbocycles. The second-order valence-corrected chi connectivity index (χ2v) is 6.22. The summed E-state index contributed by atoms with van der Waals surface area (Å²) in [6.45, 7) is 3.99. The van der Waals surface area contributed by atoms with Crippen LogP contribution in [0.1, 0.15) is 0 Å². The number of anilines is 3. The first-order valence-corrected chi connectivity index (χ1v) is 8.21. The summed E-state index contributed by atoms with van der Waals surface area (Å²) in [6.07, 6.45) is 1.67. The van der Waals surface area contributed by atoms with Crippen LogP contribution in [0.5, 0.6) is 0 Å². The van der Waals surface area contributed by atoms with Crippen LogP contribution in [0.3, 0.4) is 0 Å². The van der Waals surface area contributed by atoms with Crippen molar-refractivity contribution in [3.05, 3.63) is 47.6 Å². The summed E-state index contributed by atoms with van der Waals surface area (Å²) >= 11 is 5.90. The van der Waals surface area contributed by atoms with Gasteiger partial charge in [0.25, 0.3) is 0 Å². The number of rotatable bonds is 3. The number of carbonyl (C=O) groups excluding carboxylic acids is 1. The van der Waals surface area contributed by atoms with Crippen LogP contribution in [-0.4, -0.2) is 49.1 Å². The molecule has 1 aromatic heterocycles. The molecule has 2 amide bonds. The van der Waals surface area contributed by atoms with Crippen molar-refractivity contribution in [2.24, 2.45) is 0 Å². The molecule has 7 heteroatoms. The van der Waals surface area contributed by atoms with E-state index in [2.05, 4.69) is 32.5 Å². The molecule has 2 N–H and O–H groups in total. The fraction of sp³-hybridized carbons (Fsp3) is 0.294. The van der Waals surface area contributed by atoms with Gasteiger partial charge in [0.05, 0.1) is 11.9 Å². The number of benzene rings is 1. The lowest BCUT2D eigenvalue weighted by atomic mass is 10.3. The normalized spacial score (nSPS) is 15.2. The summed E-state index contributed by atoms with van der Waals surface area (Å²) in [6, 6.07) is 10.5. The molecular formula is C17H20ClN5O. The van der Waals surface area contributed by atoms with E-state index in [0.717, 1.165) is 32.0 Å². The van der Waals surface area contributed by atoms with Crippen LogP contribution in [0.4, 0.5) is 22.0 Å². The summed E-state index contributed by atoms with van der Waals surface area (Å²) in [5.74, 6) is 0.934. The van der Waals surface area contributed by atoms with Crippen molar-refractivity contribution in [2.45, 2.75) is 0 Å². The largest absolute Gasteiger partial charge is 0.354 e. The van der Waals surface area contributed by atoms with Gasteiger partial charge in [-0.05, 0) is 37.4 Å². The quantitative estimate of drug-likeness (QED) is 0.897. The van der Waals surface area contributed by atoms with Crippen LogP contribution in [0, 0.1) is 0 Å². The summed E-state index contributed by atoms with van der Waals surface area (Å²) in [5, 5.41) is 6.08. The molecule has 1 aliphatic heterocycles. The van der Waals surface area contributed by atoms with E-state index in [9.17, 15) is 4.79 Å². The van der Waals surface area contributed by atoms with E-state index < -0.39 is 0 Å². The van der Waals surface area contributed by atoms with E-state index in [1.54, 1.807) is 30.5 Å². The van der Waals surface area contributed by atoms with E-state index in [4.69, 9.17) is 11.6 Å². The molecule has 1 aromatic carbocycles. The number of hydrogen-bond donors (Lipinski definition) is 2. The number of carbonyl (C=O) groups is 1. The van der Waals surface area contributed by atoms with E-state index >= 15 is 0 Å². The van der Waals surface area contributed by atoms with Gasteiger partial charge in [-0.15, -0.1) is 0 Å². The van der Waals surface area contributed by atoms with E-state index in [0.29, 0.717) is 16.4 Å². The molecule has 0 radical (unpaired) electrons. The highest BCUT2D eigenvalue weighted by atomic mass is 35.5. The predicted molar refractivity (Wildman–Crippen MR) is 98.0 cm³/mol. The van der Waals surface area contributed by atoms with Crippen molar-refractivity contribution in [3.8, 4) is 0 Å². The number of amides is 2. The first-order chi connectivity index (χ1) is 11.6. The molecule has 3 rings (SSSR count). The first-order valence-electron chi connectivity index (χ1n) is 7.83. The van der Waals surface area contributed by atoms with Crippen LogP contribution in [0.15, 0.2) is 42.6 Å². The number of nitrogens with zero attached hydrogens (tertiary/aromatic N) is 3. The minimum Gasteiger partial charge on any atom is -0.354 e. The number of likely N-dealkylation sites (N-methyl/N-ethyl adjacent to an activating group) is 1. The Kier molecular flexibility index (Phi) is 5.17. The third-order valence-electron chi connectivity index (χ3n) is 3.92. The van der Waals surface area contributed by atoms with Gasteiger partial charge < -0.3 is 20.4 Å². The lowest BCUT2D eigenvalue weighted by Crippen LogP contribution is -2.44. The van der Waals surface area contributed by atoms with Gasteiger partial charge in [-0.25, -0.2) is 9.78 Å². The van der Waals surface area contributed by atoms with Gasteiger partial charge >= 0.3 is 6.03 Å². The monoisotopic (exact) mass is 345 g/mol. The number of urea groups is 1. The van der Waals surface area contributed by atoms with Crippen LogP contribution < -0.4 is 15.5 Å². The predicted octanol–water partition coefficient (Wildman–Crippen LogP) is 3.13. The SMILES string of the molecule is CN1CCN(c2ccc(NC(=O)Nc3cccc(Cl)c3)cn2)CC1. The molecule has 1 saturated heterocycles. The number of aromatic nitrogens is 1. The van der Waals surface area contributed by atoms with Crippen molar-refractivity contribution < 1.29 is 4.79 Å². The van der Waals surface area contributed by atoms with Gasteiger partial charge in [0.2, 0.25) is 0 Å². The maximum Gasteiger partial charge on any atom is 0.323 e. The molecule has 0 bridgehead atoms. The number of hydrogen-bond acceptors (Lipinski definition) is 4. The van der Waals surface area contributed by atoms with Gasteiger partial charge in [0.1, 0.15) is 5.82 Å². The van der Waals surface area contributed by atoms with E-state index in [1.807, 2.05) is 12.1 Å². The maximum absolute atomic E-state index is 12.0. The van der Waals surface area contributed by atoms with Crippen molar-refractivity contribution >= 4 is 34.8 Å². The van der Waals surface area contributed by atoms with Gasteiger partial charge in [0.15, 0.2) is 0 Å². The van der Waals surface area contributed by atoms with Gasteiger partial charge in [-0.2, -0.15) is 0 Å². The topological polar surface area (TPSA) is 60.5 Å². The van der Waals surface area contributed by atoms with E-state index in [-0.39, 0.29) is 6.03 Å². The van der Waals surface area contributed by atoms with Crippen molar-refractivity contribution in [1.82, 2.24) is 9.88 Å². The molecule has 2 heterocycles. The Morgan fingerprint density at radius 2 is 1.83 bits per heavy atom. The molecule has 2 aromatic rings. The molecule has 0 unspecified atom stereocenters. The number of halogens is 1. The molecule has 1 aliphatic rings. The Bertz CT molecular complexity index is 698. The first kappa shape index (κ1) is 16.5. The van der Waals surface area contributed by atoms with Crippen molar-refractivity contribution in [2.75, 3.05) is 48.8 Å². The Morgan fingerprint density at radius 1 is 1.08 bits per heavy atom. The third kappa shape index (κ3) is 4.37. The Hall–Kier alpha value is -2.31. The van der Waals surface area contributed by atoms with Crippen molar-refractivity contribution in [1.29, 1.82) is 0 Å². The lowest BCUT2D eigenvalue weighted by Gasteiger charge is -2.33. The highest BCUT2D eigenvalue weighted by Gasteiger charge is 2.15. The lowest BCUT2D eigenvalue weighted by molar-refractivity contribution is 0.262. The summed E-state index contributed by atoms with van der Waals surface area (Å²) in [5.41, 5.74) is 1.29. The van der Waals surface area contributed by atoms with Crippen LogP contribution in [0.2, 0.25) is 5.02 Å². The minimum absolute atomic E-state index is 0.327. The zero-order valence-electron chi connectivity index (χ0n) is 13.5. The molecule has 126 valence electrons. The Labute approximate surface area is 146 Å². The number of pyridine rings is 1. The molecule has 0 atom stereocenters. The fourth-order valence-electron chi connectivity index (χ4n) is 2.54. The summed E-state index contributed by atoms with van der Waals surface area (Å²) < 4.78 is 0. The van der Waals surface area contributed by atoms with Gasteiger partial charge in [-0.1, -0.05) is 17.7 Å². The third-order valence-corrected chi connectivity index (χ3v) is 4.15. The highest BCUT2D eigenvalue weighted by Crippen LogP contribution is 2.17. The smallest absolute Gasteiger partial charge is 0.323 e. The Balaban J connectivity index is 1.56. The summed E-state index contributed by atoms with van der Waals surface area (Å²) in [4.78, 5) is 21.0. The highest BCUT2D eigenvalue weighted by molar-refractivity contribution is 6.30. The number of piperazine rings is 1. The molecule has 24 heavy (non-hydrogen) atoms. The Morgan fingerprint density at radius 3 is 2.50 bits per heavy atom. The maximum atomic E-state index is 12.0. The van der Waals surface area contributed by atoms with Crippen LogP contribution >= 0.6 is 11.6 Å². The van der Waals surface area contributed by atoms with Gasteiger partial charge in [-0.3, -0.25) is 0 Å². The van der Waals surface area contributed by atoms with Crippen LogP contribution in [0.25, 0.3) is 0 Å². The van der Waals surface area contributed by atoms with Crippen LogP contribution in [-0.2, 0) is 0 Å². The average Bonchev–Trinajstić information content (AvgIpc) is 2.56. The second kappa shape index (κ2) is 7.51. The summed E-state index contributed by atoms with van der Waals surface area (Å²) in [7, 11) is 2.12. The standard InChI is InChI=1S/C17H20ClN5O/c1-22-7-9-23(10-8-22)16-6-5-15(12-19-16)21-17(24)20-14-4-2-3-13(18)11-14/h2-6,11-12H,7-10H2,1H3,(H2,20,21,24). The fourth-order valence-corrected chi connectivity index (χ4v) is 2.73. The van der Waals surface area contributed by atoms with E-state index in [1.165, 1.54) is 0 Å². The molecular weight excluding hydrogens is 326 g/mol. The molecule has 1 fully saturated rings. The van der Waals surface area contributed by atoms with Crippen molar-refractivity contribution in [3.63, 3.8) is 0 Å². The minimum atomic E-state index is -0.327. The second-order valence-electron chi connectivity index (χ2n) is 5.78. The van der Waals surface area contributed by atoms with Gasteiger partial charge in [0, 0.05) is 36.9 Å². The number of nitrogens with one attached hydrogen (secondary N) is 2. The average molecular weight is 346 g/mol. The zero-order valence-corrected chi connectivity index (χ0v) is 14.3. The molecule has 6 nitrogen and oxygen atoms in total. The zero-order chi connectivity index (χ0) is 16.9.